The van der Waals surface area contributed by atoms with Crippen molar-refractivity contribution in [3.05, 3.63) is 51.6 Å². The molecule has 0 aliphatic heterocycles. The molecule has 102 valence electrons. The third kappa shape index (κ3) is 3.81. The predicted molar refractivity (Wildman–Crippen MR) is 74.6 cm³/mol. The van der Waals surface area contributed by atoms with Gasteiger partial charge in [0.05, 0.1) is 12.4 Å². The summed E-state index contributed by atoms with van der Waals surface area (Å²) in [5.41, 5.74) is 8.31. The van der Waals surface area contributed by atoms with Gasteiger partial charge in [-0.1, -0.05) is 5.11 Å². The van der Waals surface area contributed by atoms with E-state index in [1.165, 1.54) is 0 Å². The molecular formula is C12H11ClN6O. The third-order valence-electron chi connectivity index (χ3n) is 2.30. The first-order valence-electron chi connectivity index (χ1n) is 5.76. The number of furan rings is 1. The summed E-state index contributed by atoms with van der Waals surface area (Å²) in [6, 6.07) is 3.71. The van der Waals surface area contributed by atoms with E-state index in [0.717, 1.165) is 5.76 Å². The van der Waals surface area contributed by atoms with E-state index in [1.54, 1.807) is 12.2 Å². The van der Waals surface area contributed by atoms with Gasteiger partial charge in [-0.25, -0.2) is 15.0 Å². The molecule has 0 N–H and O–H groups in total. The van der Waals surface area contributed by atoms with Crippen molar-refractivity contribution in [2.75, 3.05) is 0 Å². The fraction of sp³-hybridized carbons (Fsp3) is 0.250. The van der Waals surface area contributed by atoms with Crippen molar-refractivity contribution in [2.24, 2.45) is 5.11 Å². The predicted octanol–water partition coefficient (Wildman–Crippen LogP) is 3.49. The monoisotopic (exact) mass is 290 g/mol. The molecule has 2 heterocycles. The van der Waals surface area contributed by atoms with Gasteiger partial charge in [0.2, 0.25) is 0 Å². The standard InChI is InChI=1S/C12H11ClN6O/c1-8-2-3-9(20-8)4-5-10-16-11(6-13)18-12(17-10)7-15-19-14/h2-5H,6-7H2,1H3/b5-4+. The number of azide groups is 1. The summed E-state index contributed by atoms with van der Waals surface area (Å²) >= 11 is 5.73. The van der Waals surface area contributed by atoms with Crippen LogP contribution in [-0.2, 0) is 12.4 Å². The molecule has 0 saturated heterocycles. The maximum atomic E-state index is 8.31. The minimum Gasteiger partial charge on any atom is -0.462 e. The molecule has 0 atom stereocenters. The molecule has 0 amide bonds. The Balaban J connectivity index is 2.25. The molecule has 7 nitrogen and oxygen atoms in total. The maximum Gasteiger partial charge on any atom is 0.156 e. The van der Waals surface area contributed by atoms with E-state index in [-0.39, 0.29) is 12.4 Å². The van der Waals surface area contributed by atoms with Gasteiger partial charge in [0.1, 0.15) is 23.2 Å². The molecule has 2 aromatic rings. The molecular weight excluding hydrogens is 280 g/mol. The summed E-state index contributed by atoms with van der Waals surface area (Å²) in [6.45, 7) is 1.92. The summed E-state index contributed by atoms with van der Waals surface area (Å²) in [4.78, 5) is 15.1. The second kappa shape index (κ2) is 6.70. The first-order chi connectivity index (χ1) is 9.71. The van der Waals surface area contributed by atoms with Crippen LogP contribution in [0.25, 0.3) is 22.6 Å². The summed E-state index contributed by atoms with van der Waals surface area (Å²) in [6.07, 6.45) is 3.44. The number of hydrogen-bond donors (Lipinski definition) is 0. The lowest BCUT2D eigenvalue weighted by molar-refractivity contribution is 0.525. The van der Waals surface area contributed by atoms with Gasteiger partial charge in [-0.2, -0.15) is 0 Å². The van der Waals surface area contributed by atoms with Crippen LogP contribution in [0.3, 0.4) is 0 Å². The van der Waals surface area contributed by atoms with Crippen LogP contribution in [0.5, 0.6) is 0 Å². The van der Waals surface area contributed by atoms with Crippen molar-refractivity contribution in [1.29, 1.82) is 0 Å². The summed E-state index contributed by atoms with van der Waals surface area (Å²) < 4.78 is 5.41. The van der Waals surface area contributed by atoms with Crippen LogP contribution >= 0.6 is 11.6 Å². The Hall–Kier alpha value is -2.37. The van der Waals surface area contributed by atoms with E-state index < -0.39 is 0 Å². The molecule has 0 aromatic carbocycles. The number of rotatable bonds is 5. The summed E-state index contributed by atoms with van der Waals surface area (Å²) in [5, 5.41) is 3.42. The van der Waals surface area contributed by atoms with Crippen LogP contribution in [-0.4, -0.2) is 15.0 Å². The lowest BCUT2D eigenvalue weighted by Crippen LogP contribution is -2.03. The molecule has 8 heteroatoms. The van der Waals surface area contributed by atoms with Crippen LogP contribution in [0.1, 0.15) is 29.0 Å². The SMILES string of the molecule is Cc1ccc(/C=C/c2nc(CCl)nc(CN=[N+]=[N-])n2)o1. The van der Waals surface area contributed by atoms with Gasteiger partial charge in [0, 0.05) is 4.91 Å². The highest BCUT2D eigenvalue weighted by Gasteiger charge is 2.03. The minimum atomic E-state index is 0.0591. The van der Waals surface area contributed by atoms with E-state index in [1.807, 2.05) is 19.1 Å². The number of aryl methyl sites for hydroxylation is 1. The van der Waals surface area contributed by atoms with Gasteiger partial charge in [0.15, 0.2) is 5.82 Å². The molecule has 0 unspecified atom stereocenters. The van der Waals surface area contributed by atoms with Gasteiger partial charge in [-0.15, -0.1) is 11.6 Å². The van der Waals surface area contributed by atoms with E-state index in [2.05, 4.69) is 25.0 Å². The molecule has 0 bridgehead atoms. The average molecular weight is 291 g/mol. The first-order valence-corrected chi connectivity index (χ1v) is 6.30. The summed E-state index contributed by atoms with van der Waals surface area (Å²) in [5.74, 6) is 2.93. The quantitative estimate of drug-likeness (QED) is 0.364. The molecule has 0 spiro atoms. The largest absolute Gasteiger partial charge is 0.462 e. The van der Waals surface area contributed by atoms with Crippen molar-refractivity contribution in [3.8, 4) is 0 Å². The maximum absolute atomic E-state index is 8.31. The van der Waals surface area contributed by atoms with Crippen molar-refractivity contribution in [1.82, 2.24) is 15.0 Å². The van der Waals surface area contributed by atoms with E-state index in [4.69, 9.17) is 21.5 Å². The zero-order chi connectivity index (χ0) is 14.4. The normalized spacial score (nSPS) is 10.7. The Morgan fingerprint density at radius 3 is 2.75 bits per heavy atom. The number of alkyl halides is 1. The fourth-order valence-electron chi connectivity index (χ4n) is 1.49. The van der Waals surface area contributed by atoms with Crippen molar-refractivity contribution in [3.63, 3.8) is 0 Å². The average Bonchev–Trinajstić information content (AvgIpc) is 2.88. The van der Waals surface area contributed by atoms with E-state index in [0.29, 0.717) is 23.2 Å². The molecule has 2 rings (SSSR count). The van der Waals surface area contributed by atoms with Gasteiger partial charge in [-0.3, -0.25) is 0 Å². The van der Waals surface area contributed by atoms with Crippen molar-refractivity contribution >= 4 is 23.8 Å². The third-order valence-corrected chi connectivity index (χ3v) is 2.54. The Morgan fingerprint density at radius 1 is 1.30 bits per heavy atom. The van der Waals surface area contributed by atoms with Crippen molar-refractivity contribution < 1.29 is 4.42 Å². The Morgan fingerprint density at radius 2 is 2.10 bits per heavy atom. The number of hydrogen-bond acceptors (Lipinski definition) is 5. The topological polar surface area (TPSA) is 101 Å². The highest BCUT2D eigenvalue weighted by Crippen LogP contribution is 2.10. The van der Waals surface area contributed by atoms with E-state index >= 15 is 0 Å². The second-order valence-electron chi connectivity index (χ2n) is 3.83. The molecule has 0 fully saturated rings. The van der Waals surface area contributed by atoms with Crippen LogP contribution in [0.4, 0.5) is 0 Å². The smallest absolute Gasteiger partial charge is 0.156 e. The Labute approximate surface area is 120 Å². The zero-order valence-corrected chi connectivity index (χ0v) is 11.4. The minimum absolute atomic E-state index is 0.0591. The molecule has 0 aliphatic rings. The fourth-order valence-corrected chi connectivity index (χ4v) is 1.61. The highest BCUT2D eigenvalue weighted by atomic mass is 35.5. The van der Waals surface area contributed by atoms with Gasteiger partial charge < -0.3 is 4.42 Å². The number of aromatic nitrogens is 3. The Kier molecular flexibility index (Phi) is 4.70. The molecule has 0 radical (unpaired) electrons. The highest BCUT2D eigenvalue weighted by molar-refractivity contribution is 6.16. The number of halogens is 1. The van der Waals surface area contributed by atoms with Gasteiger partial charge >= 0.3 is 0 Å². The molecule has 2 aromatic heterocycles. The molecule has 0 aliphatic carbocycles. The van der Waals surface area contributed by atoms with Gasteiger partial charge in [-0.05, 0) is 36.7 Å². The van der Waals surface area contributed by atoms with Gasteiger partial charge in [0.25, 0.3) is 0 Å². The Bertz CT molecular complexity index is 674. The molecule has 0 saturated carbocycles. The van der Waals surface area contributed by atoms with Crippen LogP contribution in [0, 0.1) is 6.92 Å². The molecule has 20 heavy (non-hydrogen) atoms. The van der Waals surface area contributed by atoms with E-state index in [9.17, 15) is 0 Å². The van der Waals surface area contributed by atoms with Crippen molar-refractivity contribution in [2.45, 2.75) is 19.3 Å². The summed E-state index contributed by atoms with van der Waals surface area (Å²) in [7, 11) is 0. The lowest BCUT2D eigenvalue weighted by Gasteiger charge is -2.00. The van der Waals surface area contributed by atoms with Crippen LogP contribution in [0.2, 0.25) is 0 Å². The second-order valence-corrected chi connectivity index (χ2v) is 4.10. The van der Waals surface area contributed by atoms with Crippen LogP contribution < -0.4 is 0 Å². The first kappa shape index (κ1) is 14.0. The zero-order valence-electron chi connectivity index (χ0n) is 10.7. The lowest BCUT2D eigenvalue weighted by atomic mass is 10.3. The van der Waals surface area contributed by atoms with Crippen LogP contribution in [0.15, 0.2) is 21.7 Å². The number of nitrogens with zero attached hydrogens (tertiary/aromatic N) is 6.